The first-order valence-electron chi connectivity index (χ1n) is 10.2. The summed E-state index contributed by atoms with van der Waals surface area (Å²) in [4.78, 5) is 0. The molecule has 0 aliphatic heterocycles. The van der Waals surface area contributed by atoms with Crippen LogP contribution >= 0.6 is 0 Å². The van der Waals surface area contributed by atoms with Crippen molar-refractivity contribution in [3.05, 3.63) is 34.6 Å². The average Bonchev–Trinajstić information content (AvgIpc) is 2.71. The lowest BCUT2D eigenvalue weighted by molar-refractivity contribution is 0.0859. The molecule has 3 nitrogen and oxygen atoms in total. The number of unbranched alkanes of at least 4 members (excludes halogenated alkanes) is 6. The Bertz CT molecular complexity index is 596. The van der Waals surface area contributed by atoms with Crippen LogP contribution in [0.3, 0.4) is 0 Å². The van der Waals surface area contributed by atoms with Crippen molar-refractivity contribution in [2.45, 2.75) is 71.3 Å². The zero-order chi connectivity index (χ0) is 21.9. The minimum Gasteiger partial charge on any atom is -0.377 e. The third-order valence-electron chi connectivity index (χ3n) is 4.75. The number of benzene rings is 1. The Balaban J connectivity index is 2.27. The van der Waals surface area contributed by atoms with Gasteiger partial charge < -0.3 is 13.3 Å². The van der Waals surface area contributed by atoms with Crippen molar-refractivity contribution in [3.8, 4) is 0 Å². The molecule has 9 heteroatoms. The Morgan fingerprint density at radius 1 is 0.621 bits per heavy atom. The Labute approximate surface area is 170 Å². The summed E-state index contributed by atoms with van der Waals surface area (Å²) in [6.07, 6.45) is 5.51. The lowest BCUT2D eigenvalue weighted by atomic mass is 10.0. The van der Waals surface area contributed by atoms with Crippen molar-refractivity contribution in [2.24, 2.45) is 0 Å². The summed E-state index contributed by atoms with van der Waals surface area (Å²) >= 11 is 0. The van der Waals surface area contributed by atoms with E-state index < -0.39 is 43.5 Å². The summed E-state index contributed by atoms with van der Waals surface area (Å²) < 4.78 is 83.5. The van der Waals surface area contributed by atoms with Crippen LogP contribution in [0.1, 0.15) is 64.4 Å². The van der Waals surface area contributed by atoms with Gasteiger partial charge >= 0.3 is 8.80 Å². The molecule has 0 saturated carbocycles. The first-order chi connectivity index (χ1) is 13.8. The van der Waals surface area contributed by atoms with Gasteiger partial charge in [0.2, 0.25) is 5.82 Å². The molecule has 1 aromatic carbocycles. The van der Waals surface area contributed by atoms with Crippen LogP contribution in [-0.2, 0) is 19.7 Å². The third kappa shape index (κ3) is 7.62. The maximum Gasteiger partial charge on any atom is 0.500 e. The van der Waals surface area contributed by atoms with E-state index in [-0.39, 0.29) is 6.42 Å². The highest BCUT2D eigenvalue weighted by Gasteiger charge is 2.38. The van der Waals surface area contributed by atoms with Crippen molar-refractivity contribution >= 4 is 8.80 Å². The molecule has 0 aliphatic carbocycles. The quantitative estimate of drug-likeness (QED) is 0.105. The van der Waals surface area contributed by atoms with Crippen molar-refractivity contribution in [1.29, 1.82) is 0 Å². The van der Waals surface area contributed by atoms with Crippen LogP contribution in [0.2, 0.25) is 6.04 Å². The summed E-state index contributed by atoms with van der Waals surface area (Å²) in [5.74, 6) is -9.33. The second-order valence-corrected chi connectivity index (χ2v) is 9.63. The van der Waals surface area contributed by atoms with Gasteiger partial charge in [-0.25, -0.2) is 22.0 Å². The van der Waals surface area contributed by atoms with Crippen LogP contribution in [0, 0.1) is 29.1 Å². The molecule has 0 aliphatic rings. The summed E-state index contributed by atoms with van der Waals surface area (Å²) in [7, 11) is -0.958. The largest absolute Gasteiger partial charge is 0.500 e. The highest BCUT2D eigenvalue weighted by molar-refractivity contribution is 6.60. The van der Waals surface area contributed by atoms with Gasteiger partial charge in [0.05, 0.1) is 0 Å². The van der Waals surface area contributed by atoms with Gasteiger partial charge in [0.15, 0.2) is 23.3 Å². The van der Waals surface area contributed by atoms with Crippen LogP contribution < -0.4 is 0 Å². The van der Waals surface area contributed by atoms with E-state index in [1.165, 1.54) is 0 Å². The van der Waals surface area contributed by atoms with Crippen molar-refractivity contribution < 1.29 is 35.2 Å². The molecule has 0 aromatic heterocycles. The molecule has 168 valence electrons. The normalized spacial score (nSPS) is 12.0. The second-order valence-electron chi connectivity index (χ2n) is 6.78. The summed E-state index contributed by atoms with van der Waals surface area (Å²) in [5, 5.41) is 0. The van der Waals surface area contributed by atoms with Crippen LogP contribution in [0.15, 0.2) is 0 Å². The molecule has 0 N–H and O–H groups in total. The topological polar surface area (TPSA) is 27.7 Å². The first kappa shape index (κ1) is 26.0. The Morgan fingerprint density at radius 2 is 1.03 bits per heavy atom. The highest BCUT2D eigenvalue weighted by Crippen LogP contribution is 2.25. The van der Waals surface area contributed by atoms with Gasteiger partial charge in [-0.05, 0) is 33.1 Å². The molecule has 0 bridgehead atoms. The smallest absolute Gasteiger partial charge is 0.377 e. The number of halogens is 5. The van der Waals surface area contributed by atoms with Crippen LogP contribution in [0.5, 0.6) is 0 Å². The zero-order valence-corrected chi connectivity index (χ0v) is 18.4. The molecular weight excluding hydrogens is 411 g/mol. The third-order valence-corrected chi connectivity index (χ3v) is 7.79. The lowest BCUT2D eigenvalue weighted by Gasteiger charge is -2.27. The SMILES string of the molecule is CCO[Si](CCCCCCCCCc1c(F)c(F)c(F)c(F)c1F)(OC)OCC. The molecule has 0 heterocycles. The fraction of sp³-hybridized carbons (Fsp3) is 0.700. The van der Waals surface area contributed by atoms with Gasteiger partial charge in [0.1, 0.15) is 0 Å². The minimum absolute atomic E-state index is 0.170. The fourth-order valence-electron chi connectivity index (χ4n) is 3.24. The molecule has 0 unspecified atom stereocenters. The standard InChI is InChI=1S/C20H31F5O3Si/c1-4-27-29(26-3,28-5-2)14-12-10-8-6-7-9-11-13-15-16(21)18(23)20(25)19(24)17(15)22/h4-14H2,1-3H3. The van der Waals surface area contributed by atoms with Crippen molar-refractivity contribution in [2.75, 3.05) is 20.3 Å². The highest BCUT2D eigenvalue weighted by atomic mass is 28.4. The summed E-state index contributed by atoms with van der Waals surface area (Å²) in [6, 6.07) is 0.755. The Morgan fingerprint density at radius 3 is 1.48 bits per heavy atom. The van der Waals surface area contributed by atoms with Gasteiger partial charge in [-0.3, -0.25) is 0 Å². The van der Waals surface area contributed by atoms with Crippen LogP contribution in [-0.4, -0.2) is 29.1 Å². The molecule has 0 radical (unpaired) electrons. The molecule has 0 spiro atoms. The molecule has 0 amide bonds. The van der Waals surface area contributed by atoms with E-state index in [2.05, 4.69) is 0 Å². The monoisotopic (exact) mass is 442 g/mol. The summed E-state index contributed by atoms with van der Waals surface area (Å²) in [6.45, 7) is 4.91. The zero-order valence-electron chi connectivity index (χ0n) is 17.4. The summed E-state index contributed by atoms with van der Waals surface area (Å²) in [5.41, 5.74) is -0.728. The number of hydrogen-bond acceptors (Lipinski definition) is 3. The fourth-order valence-corrected chi connectivity index (χ4v) is 5.62. The van der Waals surface area contributed by atoms with Crippen LogP contribution in [0.25, 0.3) is 0 Å². The molecule has 1 aromatic rings. The van der Waals surface area contributed by atoms with E-state index in [9.17, 15) is 22.0 Å². The van der Waals surface area contributed by atoms with Gasteiger partial charge in [0, 0.05) is 31.9 Å². The van der Waals surface area contributed by atoms with E-state index >= 15 is 0 Å². The molecule has 29 heavy (non-hydrogen) atoms. The van der Waals surface area contributed by atoms with E-state index in [0.29, 0.717) is 26.1 Å². The second kappa shape index (κ2) is 13.3. The van der Waals surface area contributed by atoms with Gasteiger partial charge in [0.25, 0.3) is 0 Å². The molecular formula is C20H31F5O3Si. The van der Waals surface area contributed by atoms with Crippen LogP contribution in [0.4, 0.5) is 22.0 Å². The van der Waals surface area contributed by atoms with Crippen molar-refractivity contribution in [3.63, 3.8) is 0 Å². The van der Waals surface area contributed by atoms with E-state index in [0.717, 1.165) is 38.1 Å². The predicted molar refractivity (Wildman–Crippen MR) is 103 cm³/mol. The predicted octanol–water partition coefficient (Wildman–Crippen LogP) is 6.31. The van der Waals surface area contributed by atoms with Gasteiger partial charge in [-0.1, -0.05) is 32.1 Å². The van der Waals surface area contributed by atoms with Gasteiger partial charge in [-0.2, -0.15) is 0 Å². The minimum atomic E-state index is -2.57. The molecule has 0 atom stereocenters. The maximum atomic E-state index is 13.6. The first-order valence-corrected chi connectivity index (χ1v) is 12.1. The van der Waals surface area contributed by atoms with Crippen molar-refractivity contribution in [1.82, 2.24) is 0 Å². The van der Waals surface area contributed by atoms with E-state index in [1.54, 1.807) is 7.11 Å². The van der Waals surface area contributed by atoms with Gasteiger partial charge in [-0.15, -0.1) is 0 Å². The number of hydrogen-bond donors (Lipinski definition) is 0. The molecule has 1 rings (SSSR count). The number of rotatable bonds is 15. The maximum absolute atomic E-state index is 13.6. The molecule has 0 saturated heterocycles. The lowest BCUT2D eigenvalue weighted by Crippen LogP contribution is -2.44. The Hall–Kier alpha value is -1.03. The molecule has 0 fully saturated rings. The Kier molecular flexibility index (Phi) is 11.9. The van der Waals surface area contributed by atoms with E-state index in [4.69, 9.17) is 13.3 Å². The van der Waals surface area contributed by atoms with E-state index in [1.807, 2.05) is 13.8 Å². The average molecular weight is 443 g/mol.